The van der Waals surface area contributed by atoms with Gasteiger partial charge in [0.2, 0.25) is 0 Å². The Kier molecular flexibility index (Phi) is 3.57. The predicted octanol–water partition coefficient (Wildman–Crippen LogP) is 0.865. The minimum Gasteiger partial charge on any atom is -0.496 e. The summed E-state index contributed by atoms with van der Waals surface area (Å²) in [7, 11) is -1.40. The maximum absolute atomic E-state index is 11.0. The molecule has 2 N–H and O–H groups in total. The van der Waals surface area contributed by atoms with Gasteiger partial charge >= 0.3 is 0 Å². The number of hydrogen-bond donors (Lipinski definition) is 1. The third-order valence-electron chi connectivity index (χ3n) is 2.05. The standard InChI is InChI=1S/C10H15NO3S/c1-14-10-7-9(11)4-3-8(10)5-6-15(2,12)13/h3-4,7H,5-6,11H2,1-2H3. The van der Waals surface area contributed by atoms with Gasteiger partial charge in [-0.2, -0.15) is 0 Å². The lowest BCUT2D eigenvalue weighted by molar-refractivity contribution is 0.410. The van der Waals surface area contributed by atoms with Gasteiger partial charge in [0.05, 0.1) is 12.9 Å². The second-order valence-corrected chi connectivity index (χ2v) is 5.71. The van der Waals surface area contributed by atoms with Gasteiger partial charge in [-0.05, 0) is 18.1 Å². The Morgan fingerprint density at radius 3 is 2.60 bits per heavy atom. The molecule has 0 amide bonds. The number of benzene rings is 1. The molecule has 1 rings (SSSR count). The molecule has 0 aliphatic heterocycles. The highest BCUT2D eigenvalue weighted by atomic mass is 32.2. The first-order chi connectivity index (χ1) is 6.92. The zero-order valence-corrected chi connectivity index (χ0v) is 9.67. The third-order valence-corrected chi connectivity index (χ3v) is 3.00. The number of sulfone groups is 1. The fourth-order valence-corrected chi connectivity index (χ4v) is 1.85. The molecule has 0 saturated heterocycles. The molecule has 0 unspecified atom stereocenters. The Morgan fingerprint density at radius 2 is 2.07 bits per heavy atom. The molecule has 5 heteroatoms. The Balaban J connectivity index is 2.85. The Labute approximate surface area is 90.0 Å². The highest BCUT2D eigenvalue weighted by Crippen LogP contribution is 2.22. The minimum absolute atomic E-state index is 0.118. The van der Waals surface area contributed by atoms with Crippen LogP contribution in [0.2, 0.25) is 0 Å². The molecule has 84 valence electrons. The molecular formula is C10H15NO3S. The van der Waals surface area contributed by atoms with E-state index in [9.17, 15) is 8.42 Å². The number of anilines is 1. The van der Waals surface area contributed by atoms with Crippen molar-refractivity contribution in [3.05, 3.63) is 23.8 Å². The number of aryl methyl sites for hydroxylation is 1. The first-order valence-electron chi connectivity index (χ1n) is 4.52. The van der Waals surface area contributed by atoms with Gasteiger partial charge in [0.15, 0.2) is 0 Å². The minimum atomic E-state index is -2.94. The first-order valence-corrected chi connectivity index (χ1v) is 6.58. The maximum Gasteiger partial charge on any atom is 0.147 e. The molecule has 1 aromatic rings. The third kappa shape index (κ3) is 3.79. The van der Waals surface area contributed by atoms with E-state index in [4.69, 9.17) is 10.5 Å². The molecule has 0 aliphatic carbocycles. The molecule has 0 saturated carbocycles. The van der Waals surface area contributed by atoms with Crippen molar-refractivity contribution in [2.75, 3.05) is 24.9 Å². The summed E-state index contributed by atoms with van der Waals surface area (Å²) >= 11 is 0. The van der Waals surface area contributed by atoms with Crippen LogP contribution in [-0.4, -0.2) is 27.5 Å². The second-order valence-electron chi connectivity index (χ2n) is 3.45. The van der Waals surface area contributed by atoms with Crippen LogP contribution in [0.1, 0.15) is 5.56 Å². The van der Waals surface area contributed by atoms with E-state index in [2.05, 4.69) is 0 Å². The summed E-state index contributed by atoms with van der Waals surface area (Å²) < 4.78 is 27.1. The Morgan fingerprint density at radius 1 is 1.40 bits per heavy atom. The van der Waals surface area contributed by atoms with E-state index in [1.165, 1.54) is 6.26 Å². The van der Waals surface area contributed by atoms with Crippen LogP contribution in [0.5, 0.6) is 5.75 Å². The van der Waals surface area contributed by atoms with Crippen LogP contribution < -0.4 is 10.5 Å². The molecule has 0 heterocycles. The summed E-state index contributed by atoms with van der Waals surface area (Å²) in [5.41, 5.74) is 7.05. The molecule has 1 aromatic carbocycles. The topological polar surface area (TPSA) is 69.4 Å². The fourth-order valence-electron chi connectivity index (χ4n) is 1.26. The number of rotatable bonds is 4. The van der Waals surface area contributed by atoms with Crippen molar-refractivity contribution < 1.29 is 13.2 Å². The molecule has 0 radical (unpaired) electrons. The second kappa shape index (κ2) is 4.53. The first kappa shape index (κ1) is 11.8. The normalized spacial score (nSPS) is 11.3. The van der Waals surface area contributed by atoms with Gasteiger partial charge in [0.25, 0.3) is 0 Å². The zero-order chi connectivity index (χ0) is 11.5. The van der Waals surface area contributed by atoms with Crippen molar-refractivity contribution in [3.8, 4) is 5.75 Å². The van der Waals surface area contributed by atoms with Crippen molar-refractivity contribution in [2.24, 2.45) is 0 Å². The molecule has 0 spiro atoms. The number of nitrogens with two attached hydrogens (primary N) is 1. The smallest absolute Gasteiger partial charge is 0.147 e. The summed E-state index contributed by atoms with van der Waals surface area (Å²) in [4.78, 5) is 0. The van der Waals surface area contributed by atoms with Crippen LogP contribution >= 0.6 is 0 Å². The van der Waals surface area contributed by atoms with Crippen molar-refractivity contribution >= 4 is 15.5 Å². The van der Waals surface area contributed by atoms with E-state index in [0.717, 1.165) is 5.56 Å². The van der Waals surface area contributed by atoms with E-state index in [-0.39, 0.29) is 5.75 Å². The van der Waals surface area contributed by atoms with Crippen molar-refractivity contribution in [1.29, 1.82) is 0 Å². The van der Waals surface area contributed by atoms with E-state index < -0.39 is 9.84 Å². The molecule has 15 heavy (non-hydrogen) atoms. The maximum atomic E-state index is 11.0. The lowest BCUT2D eigenvalue weighted by atomic mass is 10.1. The largest absolute Gasteiger partial charge is 0.496 e. The van der Waals surface area contributed by atoms with Gasteiger partial charge in [-0.25, -0.2) is 8.42 Å². The summed E-state index contributed by atoms with van der Waals surface area (Å²) in [5.74, 6) is 0.756. The highest BCUT2D eigenvalue weighted by molar-refractivity contribution is 7.90. The van der Waals surface area contributed by atoms with Gasteiger partial charge in [0.1, 0.15) is 15.6 Å². The van der Waals surface area contributed by atoms with Gasteiger partial charge in [-0.15, -0.1) is 0 Å². The van der Waals surface area contributed by atoms with E-state index in [0.29, 0.717) is 17.9 Å². The average molecular weight is 229 g/mol. The summed E-state index contributed by atoms with van der Waals surface area (Å²) in [6.45, 7) is 0. The number of nitrogen functional groups attached to an aromatic ring is 1. The van der Waals surface area contributed by atoms with E-state index in [1.807, 2.05) is 0 Å². The lowest BCUT2D eigenvalue weighted by Gasteiger charge is -2.08. The van der Waals surface area contributed by atoms with Gasteiger partial charge in [-0.1, -0.05) is 6.07 Å². The van der Waals surface area contributed by atoms with Gasteiger partial charge < -0.3 is 10.5 Å². The molecular weight excluding hydrogens is 214 g/mol. The monoisotopic (exact) mass is 229 g/mol. The molecule has 0 fully saturated rings. The fraction of sp³-hybridized carbons (Fsp3) is 0.400. The van der Waals surface area contributed by atoms with Crippen LogP contribution in [-0.2, 0) is 16.3 Å². The van der Waals surface area contributed by atoms with Gasteiger partial charge in [-0.3, -0.25) is 0 Å². The molecule has 0 atom stereocenters. The Hall–Kier alpha value is -1.23. The summed E-state index contributed by atoms with van der Waals surface area (Å²) in [6.07, 6.45) is 1.67. The van der Waals surface area contributed by atoms with Crippen molar-refractivity contribution in [1.82, 2.24) is 0 Å². The van der Waals surface area contributed by atoms with Crippen LogP contribution in [0.3, 0.4) is 0 Å². The summed E-state index contributed by atoms with van der Waals surface area (Å²) in [6, 6.07) is 5.22. The van der Waals surface area contributed by atoms with Crippen molar-refractivity contribution in [2.45, 2.75) is 6.42 Å². The molecule has 0 aliphatic rings. The van der Waals surface area contributed by atoms with E-state index in [1.54, 1.807) is 25.3 Å². The van der Waals surface area contributed by atoms with Gasteiger partial charge in [0, 0.05) is 18.0 Å². The van der Waals surface area contributed by atoms with Crippen molar-refractivity contribution in [3.63, 3.8) is 0 Å². The number of hydrogen-bond acceptors (Lipinski definition) is 4. The predicted molar refractivity (Wildman–Crippen MR) is 60.8 cm³/mol. The number of ether oxygens (including phenoxy) is 1. The molecule has 4 nitrogen and oxygen atoms in total. The van der Waals surface area contributed by atoms with Crippen LogP contribution in [0.25, 0.3) is 0 Å². The number of methoxy groups -OCH3 is 1. The highest BCUT2D eigenvalue weighted by Gasteiger charge is 2.07. The SMILES string of the molecule is COc1cc(N)ccc1CCS(C)(=O)=O. The quantitative estimate of drug-likeness (QED) is 0.778. The van der Waals surface area contributed by atoms with E-state index >= 15 is 0 Å². The average Bonchev–Trinajstić information content (AvgIpc) is 2.14. The van der Waals surface area contributed by atoms with Crippen LogP contribution in [0, 0.1) is 0 Å². The zero-order valence-electron chi connectivity index (χ0n) is 8.86. The van der Waals surface area contributed by atoms with Crippen LogP contribution in [0.15, 0.2) is 18.2 Å². The lowest BCUT2D eigenvalue weighted by Crippen LogP contribution is -2.07. The molecule has 0 bridgehead atoms. The Bertz CT molecular complexity index is 440. The van der Waals surface area contributed by atoms with Crippen LogP contribution in [0.4, 0.5) is 5.69 Å². The molecule has 0 aromatic heterocycles. The summed E-state index contributed by atoms with van der Waals surface area (Å²) in [5, 5.41) is 0.